The van der Waals surface area contributed by atoms with E-state index in [9.17, 15) is 9.59 Å². The van der Waals surface area contributed by atoms with Crippen LogP contribution in [0.1, 0.15) is 25.3 Å². The minimum absolute atomic E-state index is 0.0856. The molecule has 2 heterocycles. The number of urea groups is 1. The summed E-state index contributed by atoms with van der Waals surface area (Å²) in [5, 5.41) is 6.27. The van der Waals surface area contributed by atoms with Crippen molar-refractivity contribution >= 4 is 17.6 Å². The minimum Gasteiger partial charge on any atom is -0.337 e. The number of piperidine rings is 1. The van der Waals surface area contributed by atoms with Crippen LogP contribution in [0.5, 0.6) is 0 Å². The molecule has 1 aromatic rings. The van der Waals surface area contributed by atoms with E-state index < -0.39 is 0 Å². The SMILES string of the molecule is Cc1cccc(NC(=O)N2CCCC(C(=O)N3CCNCC3C)C2)c1. The van der Waals surface area contributed by atoms with Gasteiger partial charge >= 0.3 is 6.03 Å². The van der Waals surface area contributed by atoms with Crippen molar-refractivity contribution in [3.05, 3.63) is 29.8 Å². The van der Waals surface area contributed by atoms with Crippen LogP contribution in [0, 0.1) is 12.8 Å². The molecule has 2 N–H and O–H groups in total. The molecule has 2 aliphatic heterocycles. The monoisotopic (exact) mass is 344 g/mol. The summed E-state index contributed by atoms with van der Waals surface area (Å²) in [5.74, 6) is 0.111. The summed E-state index contributed by atoms with van der Waals surface area (Å²) in [4.78, 5) is 29.2. The summed E-state index contributed by atoms with van der Waals surface area (Å²) in [6.07, 6.45) is 1.74. The average Bonchev–Trinajstić information content (AvgIpc) is 2.62. The van der Waals surface area contributed by atoms with Crippen LogP contribution in [0.2, 0.25) is 0 Å². The molecule has 1 aromatic carbocycles. The Morgan fingerprint density at radius 2 is 2.12 bits per heavy atom. The van der Waals surface area contributed by atoms with Crippen molar-refractivity contribution in [1.29, 1.82) is 0 Å². The second-order valence-corrected chi connectivity index (χ2v) is 7.17. The highest BCUT2D eigenvalue weighted by Crippen LogP contribution is 2.21. The molecule has 6 heteroatoms. The maximum absolute atomic E-state index is 12.9. The topological polar surface area (TPSA) is 64.7 Å². The zero-order chi connectivity index (χ0) is 17.8. The third-order valence-electron chi connectivity index (χ3n) is 5.11. The zero-order valence-corrected chi connectivity index (χ0v) is 15.1. The minimum atomic E-state index is -0.114. The second-order valence-electron chi connectivity index (χ2n) is 7.17. The molecule has 0 bridgehead atoms. The zero-order valence-electron chi connectivity index (χ0n) is 15.1. The molecule has 3 amide bonds. The van der Waals surface area contributed by atoms with Crippen molar-refractivity contribution in [3.8, 4) is 0 Å². The first kappa shape index (κ1) is 17.7. The van der Waals surface area contributed by atoms with Crippen molar-refractivity contribution in [2.75, 3.05) is 38.0 Å². The molecule has 3 rings (SSSR count). The normalized spacial score (nSPS) is 24.1. The highest BCUT2D eigenvalue weighted by molar-refractivity contribution is 5.90. The molecule has 6 nitrogen and oxygen atoms in total. The van der Waals surface area contributed by atoms with E-state index in [4.69, 9.17) is 0 Å². The number of piperazine rings is 1. The molecule has 25 heavy (non-hydrogen) atoms. The van der Waals surface area contributed by atoms with Crippen LogP contribution in [-0.4, -0.2) is 60.5 Å². The lowest BCUT2D eigenvalue weighted by Gasteiger charge is -2.39. The molecule has 0 spiro atoms. The fourth-order valence-electron chi connectivity index (χ4n) is 3.69. The standard InChI is InChI=1S/C19H28N4O2/c1-14-5-3-7-17(11-14)21-19(25)22-9-4-6-16(13-22)18(24)23-10-8-20-12-15(23)2/h3,5,7,11,15-16,20H,4,6,8-10,12-13H2,1-2H3,(H,21,25). The highest BCUT2D eigenvalue weighted by Gasteiger charge is 2.33. The lowest BCUT2D eigenvalue weighted by atomic mass is 9.95. The lowest BCUT2D eigenvalue weighted by Crippen LogP contribution is -2.56. The third-order valence-corrected chi connectivity index (χ3v) is 5.11. The number of hydrogen-bond acceptors (Lipinski definition) is 3. The van der Waals surface area contributed by atoms with Crippen LogP contribution in [-0.2, 0) is 4.79 Å². The molecular weight excluding hydrogens is 316 g/mol. The van der Waals surface area contributed by atoms with Gasteiger partial charge < -0.3 is 20.4 Å². The van der Waals surface area contributed by atoms with E-state index >= 15 is 0 Å². The van der Waals surface area contributed by atoms with Crippen molar-refractivity contribution < 1.29 is 9.59 Å². The van der Waals surface area contributed by atoms with Crippen molar-refractivity contribution in [1.82, 2.24) is 15.1 Å². The van der Waals surface area contributed by atoms with Gasteiger partial charge in [0.2, 0.25) is 5.91 Å². The number of nitrogens with zero attached hydrogens (tertiary/aromatic N) is 2. The molecule has 136 valence electrons. The number of amides is 3. The number of rotatable bonds is 2. The Kier molecular flexibility index (Phi) is 5.58. The van der Waals surface area contributed by atoms with Gasteiger partial charge in [0.05, 0.1) is 5.92 Å². The molecule has 2 atom stereocenters. The van der Waals surface area contributed by atoms with E-state index in [1.165, 1.54) is 0 Å². The van der Waals surface area contributed by atoms with Crippen LogP contribution in [0.3, 0.4) is 0 Å². The Labute approximate surface area is 149 Å². The first-order valence-electron chi connectivity index (χ1n) is 9.18. The number of anilines is 1. The number of hydrogen-bond donors (Lipinski definition) is 2. The first-order valence-corrected chi connectivity index (χ1v) is 9.18. The first-order chi connectivity index (χ1) is 12.0. The molecule has 0 radical (unpaired) electrons. The number of likely N-dealkylation sites (tertiary alicyclic amines) is 1. The molecule has 2 unspecified atom stereocenters. The van der Waals surface area contributed by atoms with Crippen molar-refractivity contribution in [2.24, 2.45) is 5.92 Å². The van der Waals surface area contributed by atoms with E-state index in [0.717, 1.165) is 43.7 Å². The smallest absolute Gasteiger partial charge is 0.321 e. The van der Waals surface area contributed by atoms with Gasteiger partial charge in [0.15, 0.2) is 0 Å². The molecule has 2 aliphatic rings. The lowest BCUT2D eigenvalue weighted by molar-refractivity contribution is -0.139. The Hall–Kier alpha value is -2.08. The molecule has 0 aromatic heterocycles. The largest absolute Gasteiger partial charge is 0.337 e. The number of nitrogens with one attached hydrogen (secondary N) is 2. The summed E-state index contributed by atoms with van der Waals surface area (Å²) in [6, 6.07) is 7.88. The Morgan fingerprint density at radius 1 is 1.28 bits per heavy atom. The Morgan fingerprint density at radius 3 is 2.88 bits per heavy atom. The second kappa shape index (κ2) is 7.87. The van der Waals surface area contributed by atoms with Gasteiger partial charge in [0, 0.05) is 44.5 Å². The van der Waals surface area contributed by atoms with Gasteiger partial charge in [-0.05, 0) is 44.4 Å². The maximum atomic E-state index is 12.9. The fourth-order valence-corrected chi connectivity index (χ4v) is 3.69. The molecule has 0 saturated carbocycles. The van der Waals surface area contributed by atoms with Crippen LogP contribution in [0.15, 0.2) is 24.3 Å². The van der Waals surface area contributed by atoms with E-state index in [-0.39, 0.29) is 23.9 Å². The third kappa shape index (κ3) is 4.31. The predicted octanol–water partition coefficient (Wildman–Crippen LogP) is 2.06. The van der Waals surface area contributed by atoms with Crippen molar-refractivity contribution in [2.45, 2.75) is 32.7 Å². The van der Waals surface area contributed by atoms with Crippen LogP contribution in [0.25, 0.3) is 0 Å². The van der Waals surface area contributed by atoms with Crippen LogP contribution >= 0.6 is 0 Å². The number of benzene rings is 1. The number of carbonyl (C=O) groups is 2. The highest BCUT2D eigenvalue weighted by atomic mass is 16.2. The van der Waals surface area contributed by atoms with Crippen molar-refractivity contribution in [3.63, 3.8) is 0 Å². The molecule has 2 fully saturated rings. The number of aryl methyl sites for hydroxylation is 1. The molecule has 0 aliphatic carbocycles. The number of carbonyl (C=O) groups excluding carboxylic acids is 2. The van der Waals surface area contributed by atoms with E-state index in [2.05, 4.69) is 17.6 Å². The maximum Gasteiger partial charge on any atom is 0.321 e. The van der Waals surface area contributed by atoms with Gasteiger partial charge in [-0.25, -0.2) is 4.79 Å². The summed E-state index contributed by atoms with van der Waals surface area (Å²) in [5.41, 5.74) is 1.91. The van der Waals surface area contributed by atoms with Gasteiger partial charge in [0.25, 0.3) is 0 Å². The molecule has 2 saturated heterocycles. The fraction of sp³-hybridized carbons (Fsp3) is 0.579. The van der Waals surface area contributed by atoms with Gasteiger partial charge in [-0.2, -0.15) is 0 Å². The van der Waals surface area contributed by atoms with Gasteiger partial charge in [-0.15, -0.1) is 0 Å². The predicted molar refractivity (Wildman–Crippen MR) is 98.5 cm³/mol. The van der Waals surface area contributed by atoms with Gasteiger partial charge in [-0.3, -0.25) is 4.79 Å². The molecular formula is C19H28N4O2. The summed E-state index contributed by atoms with van der Waals surface area (Å²) in [6.45, 7) is 7.74. The van der Waals surface area contributed by atoms with E-state index in [1.807, 2.05) is 36.1 Å². The van der Waals surface area contributed by atoms with Crippen LogP contribution < -0.4 is 10.6 Å². The van der Waals surface area contributed by atoms with E-state index in [1.54, 1.807) is 4.90 Å². The Balaban J connectivity index is 1.60. The van der Waals surface area contributed by atoms with Gasteiger partial charge in [-0.1, -0.05) is 12.1 Å². The summed E-state index contributed by atoms with van der Waals surface area (Å²) >= 11 is 0. The Bertz CT molecular complexity index is 634. The van der Waals surface area contributed by atoms with Crippen LogP contribution in [0.4, 0.5) is 10.5 Å². The summed E-state index contributed by atoms with van der Waals surface area (Å²) in [7, 11) is 0. The quantitative estimate of drug-likeness (QED) is 0.863. The average molecular weight is 344 g/mol. The van der Waals surface area contributed by atoms with Gasteiger partial charge in [0.1, 0.15) is 0 Å². The van der Waals surface area contributed by atoms with E-state index in [0.29, 0.717) is 13.1 Å². The summed E-state index contributed by atoms with van der Waals surface area (Å²) < 4.78 is 0.